The maximum Gasteiger partial charge on any atom is 0.274 e. The van der Waals surface area contributed by atoms with E-state index >= 15 is 0 Å². The molecule has 18 heavy (non-hydrogen) atoms. The van der Waals surface area contributed by atoms with Crippen LogP contribution in [0.3, 0.4) is 0 Å². The highest BCUT2D eigenvalue weighted by molar-refractivity contribution is 5.61. The molecule has 1 aliphatic rings. The highest BCUT2D eigenvalue weighted by atomic mass is 16.6. The maximum atomic E-state index is 10.9. The van der Waals surface area contributed by atoms with Gasteiger partial charge in [0.2, 0.25) is 0 Å². The highest BCUT2D eigenvalue weighted by Crippen LogP contribution is 2.30. The van der Waals surface area contributed by atoms with Crippen LogP contribution in [0.4, 0.5) is 11.4 Å². The molecule has 2 N–H and O–H groups in total. The molecule has 1 aromatic rings. The molecule has 0 aromatic heterocycles. The van der Waals surface area contributed by atoms with Crippen LogP contribution in [0.1, 0.15) is 18.4 Å². The lowest BCUT2D eigenvalue weighted by Crippen LogP contribution is -2.36. The van der Waals surface area contributed by atoms with Gasteiger partial charge in [-0.2, -0.15) is 0 Å². The molecule has 98 valence electrons. The Bertz CT molecular complexity index is 440. The summed E-state index contributed by atoms with van der Waals surface area (Å²) >= 11 is 0. The van der Waals surface area contributed by atoms with Gasteiger partial charge < -0.3 is 10.6 Å². The Morgan fingerprint density at radius 3 is 2.67 bits per heavy atom. The van der Waals surface area contributed by atoms with Gasteiger partial charge in [-0.05, 0) is 38.3 Å². The van der Waals surface area contributed by atoms with E-state index in [1.165, 1.54) is 0 Å². The number of anilines is 1. The topological polar surface area (TPSA) is 72.4 Å². The molecule has 1 heterocycles. The molecule has 0 radical (unpaired) electrons. The Morgan fingerprint density at radius 1 is 1.44 bits per heavy atom. The standard InChI is InChI=1S/C13H19N3O2/c1-10-12(3-2-4-13(10)16(17)18)15-7-5-11(9-14)6-8-15/h2-4,11H,5-9,14H2,1H3. The first-order chi connectivity index (χ1) is 8.63. The Hall–Kier alpha value is -1.62. The van der Waals surface area contributed by atoms with Crippen LogP contribution in [0.15, 0.2) is 18.2 Å². The first-order valence-electron chi connectivity index (χ1n) is 6.32. The molecule has 1 fully saturated rings. The highest BCUT2D eigenvalue weighted by Gasteiger charge is 2.22. The van der Waals surface area contributed by atoms with Crippen molar-refractivity contribution in [3.63, 3.8) is 0 Å². The van der Waals surface area contributed by atoms with Crippen LogP contribution in [0, 0.1) is 23.0 Å². The summed E-state index contributed by atoms with van der Waals surface area (Å²) in [5.41, 5.74) is 7.62. The van der Waals surface area contributed by atoms with Crippen LogP contribution in [0.2, 0.25) is 0 Å². The van der Waals surface area contributed by atoms with E-state index in [0.717, 1.165) is 43.7 Å². The average Bonchev–Trinajstić information content (AvgIpc) is 2.39. The van der Waals surface area contributed by atoms with Gasteiger partial charge in [0.1, 0.15) is 0 Å². The van der Waals surface area contributed by atoms with Gasteiger partial charge in [-0.3, -0.25) is 10.1 Å². The number of nitro groups is 1. The lowest BCUT2D eigenvalue weighted by molar-refractivity contribution is -0.385. The minimum Gasteiger partial charge on any atom is -0.371 e. The van der Waals surface area contributed by atoms with Gasteiger partial charge >= 0.3 is 0 Å². The second-order valence-corrected chi connectivity index (χ2v) is 4.84. The molecule has 1 aromatic carbocycles. The third kappa shape index (κ3) is 2.46. The fourth-order valence-corrected chi connectivity index (χ4v) is 2.56. The van der Waals surface area contributed by atoms with Crippen LogP contribution in [0.5, 0.6) is 0 Å². The lowest BCUT2D eigenvalue weighted by Gasteiger charge is -2.33. The van der Waals surface area contributed by atoms with Crippen LogP contribution in [-0.4, -0.2) is 24.6 Å². The summed E-state index contributed by atoms with van der Waals surface area (Å²) in [5.74, 6) is 0.597. The van der Waals surface area contributed by atoms with Gasteiger partial charge in [0.25, 0.3) is 5.69 Å². The van der Waals surface area contributed by atoms with Gasteiger partial charge in [-0.25, -0.2) is 0 Å². The summed E-state index contributed by atoms with van der Waals surface area (Å²) in [7, 11) is 0. The third-order valence-corrected chi connectivity index (χ3v) is 3.76. The number of nitrogens with two attached hydrogens (primary N) is 1. The number of nitro benzene ring substituents is 1. The molecule has 0 amide bonds. The van der Waals surface area contributed by atoms with Crippen molar-refractivity contribution in [3.05, 3.63) is 33.9 Å². The molecular weight excluding hydrogens is 230 g/mol. The summed E-state index contributed by atoms with van der Waals surface area (Å²) in [6.45, 7) is 4.43. The number of hydrogen-bond acceptors (Lipinski definition) is 4. The van der Waals surface area contributed by atoms with Crippen LogP contribution < -0.4 is 10.6 Å². The molecule has 0 spiro atoms. The first kappa shape index (κ1) is 12.8. The number of hydrogen-bond donors (Lipinski definition) is 1. The monoisotopic (exact) mass is 249 g/mol. The zero-order valence-corrected chi connectivity index (χ0v) is 10.6. The quantitative estimate of drug-likeness (QED) is 0.657. The van der Waals surface area contributed by atoms with E-state index in [1.807, 2.05) is 13.0 Å². The molecule has 0 atom stereocenters. The number of rotatable bonds is 3. The zero-order valence-electron chi connectivity index (χ0n) is 10.6. The first-order valence-corrected chi connectivity index (χ1v) is 6.32. The van der Waals surface area contributed by atoms with Gasteiger partial charge in [-0.15, -0.1) is 0 Å². The van der Waals surface area contributed by atoms with Crippen LogP contribution in [0.25, 0.3) is 0 Å². The van der Waals surface area contributed by atoms with Crippen molar-refractivity contribution in [2.75, 3.05) is 24.5 Å². The van der Waals surface area contributed by atoms with Crippen molar-refractivity contribution < 1.29 is 4.92 Å². The second kappa shape index (κ2) is 5.35. The molecule has 1 saturated heterocycles. The van der Waals surface area contributed by atoms with E-state index in [-0.39, 0.29) is 10.6 Å². The van der Waals surface area contributed by atoms with Gasteiger partial charge in [0, 0.05) is 24.8 Å². The van der Waals surface area contributed by atoms with Gasteiger partial charge in [0.15, 0.2) is 0 Å². The largest absolute Gasteiger partial charge is 0.371 e. The second-order valence-electron chi connectivity index (χ2n) is 4.84. The molecule has 5 heteroatoms. The van der Waals surface area contributed by atoms with Crippen LogP contribution in [-0.2, 0) is 0 Å². The Kier molecular flexibility index (Phi) is 3.81. The molecular formula is C13H19N3O2. The molecule has 1 aliphatic heterocycles. The molecule has 0 bridgehead atoms. The van der Waals surface area contributed by atoms with E-state index in [0.29, 0.717) is 5.92 Å². The number of benzene rings is 1. The van der Waals surface area contributed by atoms with Crippen molar-refractivity contribution in [3.8, 4) is 0 Å². The normalized spacial score (nSPS) is 16.9. The maximum absolute atomic E-state index is 10.9. The average molecular weight is 249 g/mol. The Labute approximate surface area is 107 Å². The van der Waals surface area contributed by atoms with E-state index in [1.54, 1.807) is 12.1 Å². The van der Waals surface area contributed by atoms with Crippen molar-refractivity contribution >= 4 is 11.4 Å². The van der Waals surface area contributed by atoms with Crippen molar-refractivity contribution in [1.82, 2.24) is 0 Å². The summed E-state index contributed by atoms with van der Waals surface area (Å²) in [4.78, 5) is 12.8. The summed E-state index contributed by atoms with van der Waals surface area (Å²) in [6.07, 6.45) is 2.14. The summed E-state index contributed by atoms with van der Waals surface area (Å²) in [5, 5.41) is 10.9. The van der Waals surface area contributed by atoms with Crippen LogP contribution >= 0.6 is 0 Å². The molecule has 2 rings (SSSR count). The Morgan fingerprint density at radius 2 is 2.11 bits per heavy atom. The molecule has 5 nitrogen and oxygen atoms in total. The Balaban J connectivity index is 2.19. The predicted molar refractivity (Wildman–Crippen MR) is 71.8 cm³/mol. The zero-order chi connectivity index (χ0) is 13.1. The third-order valence-electron chi connectivity index (χ3n) is 3.76. The fourth-order valence-electron chi connectivity index (χ4n) is 2.56. The van der Waals surface area contributed by atoms with E-state index in [2.05, 4.69) is 4.90 Å². The van der Waals surface area contributed by atoms with Crippen molar-refractivity contribution in [2.24, 2.45) is 11.7 Å². The van der Waals surface area contributed by atoms with E-state index < -0.39 is 0 Å². The molecule has 0 aliphatic carbocycles. The summed E-state index contributed by atoms with van der Waals surface area (Å²) < 4.78 is 0. The van der Waals surface area contributed by atoms with Gasteiger partial charge in [-0.1, -0.05) is 6.07 Å². The summed E-state index contributed by atoms with van der Waals surface area (Å²) in [6, 6.07) is 5.28. The van der Waals surface area contributed by atoms with E-state index in [9.17, 15) is 10.1 Å². The van der Waals surface area contributed by atoms with Gasteiger partial charge in [0.05, 0.1) is 10.5 Å². The molecule has 0 saturated carbocycles. The predicted octanol–water partition coefficient (Wildman–Crippen LogP) is 2.08. The number of piperidine rings is 1. The number of nitrogens with zero attached hydrogens (tertiary/aromatic N) is 2. The van der Waals surface area contributed by atoms with E-state index in [4.69, 9.17) is 5.73 Å². The van der Waals surface area contributed by atoms with Crippen molar-refractivity contribution in [1.29, 1.82) is 0 Å². The fraction of sp³-hybridized carbons (Fsp3) is 0.538. The van der Waals surface area contributed by atoms with Crippen molar-refractivity contribution in [2.45, 2.75) is 19.8 Å². The minimum atomic E-state index is -0.314. The lowest BCUT2D eigenvalue weighted by atomic mass is 9.96. The minimum absolute atomic E-state index is 0.202. The molecule has 0 unspecified atom stereocenters. The SMILES string of the molecule is Cc1c(N2CCC(CN)CC2)cccc1[N+](=O)[O-]. The smallest absolute Gasteiger partial charge is 0.274 e.